The van der Waals surface area contributed by atoms with E-state index in [9.17, 15) is 0 Å². The molecule has 0 aliphatic carbocycles. The Morgan fingerprint density at radius 2 is 2.08 bits per heavy atom. The molecule has 0 unspecified atom stereocenters. The van der Waals surface area contributed by atoms with Crippen molar-refractivity contribution in [1.29, 1.82) is 0 Å². The van der Waals surface area contributed by atoms with E-state index in [-0.39, 0.29) is 0 Å². The van der Waals surface area contributed by atoms with Crippen LogP contribution in [0.25, 0.3) is 0 Å². The zero-order valence-corrected chi connectivity index (χ0v) is 7.87. The minimum Gasteiger partial charge on any atom is -0.298 e. The average Bonchev–Trinajstić information content (AvgIpc) is 2.57. The summed E-state index contributed by atoms with van der Waals surface area (Å²) in [6.45, 7) is 7.27. The number of hydrogen-bond acceptors (Lipinski definition) is 2. The SMILES string of the molecule is [CH2]c1cccc(CN2CCCC2)n1. The first-order chi connectivity index (χ1) is 6.34. The lowest BCUT2D eigenvalue weighted by molar-refractivity contribution is 0.327. The van der Waals surface area contributed by atoms with Crippen molar-refractivity contribution in [2.45, 2.75) is 19.4 Å². The predicted octanol–water partition coefficient (Wildman–Crippen LogP) is 1.86. The van der Waals surface area contributed by atoms with E-state index in [1.54, 1.807) is 0 Å². The van der Waals surface area contributed by atoms with Gasteiger partial charge in [0.15, 0.2) is 0 Å². The van der Waals surface area contributed by atoms with Crippen molar-refractivity contribution in [1.82, 2.24) is 9.88 Å². The number of hydrogen-bond donors (Lipinski definition) is 0. The number of rotatable bonds is 2. The van der Waals surface area contributed by atoms with Crippen molar-refractivity contribution in [3.05, 3.63) is 36.5 Å². The van der Waals surface area contributed by atoms with E-state index in [1.807, 2.05) is 12.1 Å². The molecule has 1 saturated heterocycles. The van der Waals surface area contributed by atoms with E-state index in [2.05, 4.69) is 22.9 Å². The second kappa shape index (κ2) is 3.88. The molecule has 1 aliphatic heterocycles. The lowest BCUT2D eigenvalue weighted by atomic mass is 10.3. The first-order valence-electron chi connectivity index (χ1n) is 4.85. The zero-order valence-electron chi connectivity index (χ0n) is 7.87. The van der Waals surface area contributed by atoms with Gasteiger partial charge in [-0.25, -0.2) is 0 Å². The van der Waals surface area contributed by atoms with E-state index in [4.69, 9.17) is 0 Å². The lowest BCUT2D eigenvalue weighted by Gasteiger charge is -2.13. The van der Waals surface area contributed by atoms with Gasteiger partial charge in [-0.2, -0.15) is 0 Å². The van der Waals surface area contributed by atoms with Gasteiger partial charge in [0.1, 0.15) is 0 Å². The van der Waals surface area contributed by atoms with Gasteiger partial charge in [-0.3, -0.25) is 9.88 Å². The highest BCUT2D eigenvalue weighted by Gasteiger charge is 2.11. The quantitative estimate of drug-likeness (QED) is 0.682. The van der Waals surface area contributed by atoms with Crippen molar-refractivity contribution in [3.8, 4) is 0 Å². The molecule has 0 bridgehead atoms. The van der Waals surface area contributed by atoms with Crippen LogP contribution in [-0.2, 0) is 6.54 Å². The van der Waals surface area contributed by atoms with Gasteiger partial charge in [-0.05, 0) is 45.0 Å². The summed E-state index contributed by atoms with van der Waals surface area (Å²) in [6.07, 6.45) is 2.67. The van der Waals surface area contributed by atoms with E-state index in [0.29, 0.717) is 0 Å². The van der Waals surface area contributed by atoms with Crippen LogP contribution in [0, 0.1) is 6.92 Å². The summed E-state index contributed by atoms with van der Waals surface area (Å²) in [5.41, 5.74) is 2.02. The van der Waals surface area contributed by atoms with Crippen LogP contribution in [0.1, 0.15) is 24.2 Å². The normalized spacial score (nSPS) is 17.9. The van der Waals surface area contributed by atoms with Crippen LogP contribution in [0.15, 0.2) is 18.2 Å². The smallest absolute Gasteiger partial charge is 0.0547 e. The first-order valence-corrected chi connectivity index (χ1v) is 4.85. The molecule has 1 radical (unpaired) electrons. The largest absolute Gasteiger partial charge is 0.298 e. The molecule has 0 atom stereocenters. The molecule has 69 valence electrons. The van der Waals surface area contributed by atoms with E-state index < -0.39 is 0 Å². The Morgan fingerprint density at radius 3 is 2.77 bits per heavy atom. The van der Waals surface area contributed by atoms with E-state index >= 15 is 0 Å². The fourth-order valence-electron chi connectivity index (χ4n) is 1.79. The molecule has 0 spiro atoms. The molecule has 2 nitrogen and oxygen atoms in total. The van der Waals surface area contributed by atoms with Crippen molar-refractivity contribution < 1.29 is 0 Å². The van der Waals surface area contributed by atoms with Crippen molar-refractivity contribution in [3.63, 3.8) is 0 Å². The number of pyridine rings is 1. The molecule has 0 amide bonds. The summed E-state index contributed by atoms with van der Waals surface area (Å²) in [5, 5.41) is 0. The van der Waals surface area contributed by atoms with Crippen LogP contribution >= 0.6 is 0 Å². The Balaban J connectivity index is 2.00. The molecule has 1 aromatic rings. The minimum atomic E-state index is 0.872. The van der Waals surface area contributed by atoms with Gasteiger partial charge in [0, 0.05) is 12.2 Å². The van der Waals surface area contributed by atoms with E-state index in [0.717, 1.165) is 17.9 Å². The van der Waals surface area contributed by atoms with Gasteiger partial charge in [0.25, 0.3) is 0 Å². The second-order valence-electron chi connectivity index (χ2n) is 3.60. The van der Waals surface area contributed by atoms with Crippen LogP contribution in [0.4, 0.5) is 0 Å². The minimum absolute atomic E-state index is 0.872. The Morgan fingerprint density at radius 1 is 1.31 bits per heavy atom. The van der Waals surface area contributed by atoms with Gasteiger partial charge in [-0.1, -0.05) is 6.07 Å². The van der Waals surface area contributed by atoms with Crippen molar-refractivity contribution >= 4 is 0 Å². The molecule has 0 aromatic carbocycles. The molecule has 0 saturated carbocycles. The van der Waals surface area contributed by atoms with Gasteiger partial charge >= 0.3 is 0 Å². The van der Waals surface area contributed by atoms with Crippen LogP contribution in [0.2, 0.25) is 0 Å². The summed E-state index contributed by atoms with van der Waals surface area (Å²) >= 11 is 0. The Hall–Kier alpha value is -0.890. The standard InChI is InChI=1S/C11H15N2/c1-10-5-4-6-11(12-10)9-13-7-2-3-8-13/h4-6H,1-3,7-9H2. The highest BCUT2D eigenvalue weighted by atomic mass is 15.1. The summed E-state index contributed by atoms with van der Waals surface area (Å²) in [6, 6.07) is 6.04. The molecule has 1 aromatic heterocycles. The van der Waals surface area contributed by atoms with Gasteiger partial charge in [0.2, 0.25) is 0 Å². The molecule has 2 rings (SSSR count). The van der Waals surface area contributed by atoms with Gasteiger partial charge in [-0.15, -0.1) is 0 Å². The average molecular weight is 175 g/mol. The van der Waals surface area contributed by atoms with Crippen molar-refractivity contribution in [2.24, 2.45) is 0 Å². The first kappa shape index (κ1) is 8.70. The highest BCUT2D eigenvalue weighted by Crippen LogP contribution is 2.11. The Bertz CT molecular complexity index is 277. The van der Waals surface area contributed by atoms with Crippen LogP contribution < -0.4 is 0 Å². The Kier molecular flexibility index (Phi) is 2.60. The maximum atomic E-state index is 4.38. The zero-order chi connectivity index (χ0) is 9.10. The molecular weight excluding hydrogens is 160 g/mol. The number of aromatic nitrogens is 1. The molecule has 2 heterocycles. The molecule has 1 aliphatic rings. The summed E-state index contributed by atoms with van der Waals surface area (Å²) in [5.74, 6) is 0. The second-order valence-corrected chi connectivity index (χ2v) is 3.60. The fraction of sp³-hybridized carbons (Fsp3) is 0.455. The Labute approximate surface area is 79.6 Å². The van der Waals surface area contributed by atoms with Gasteiger partial charge in [0.05, 0.1) is 5.69 Å². The monoisotopic (exact) mass is 175 g/mol. The summed E-state index contributed by atoms with van der Waals surface area (Å²) in [4.78, 5) is 6.83. The third kappa shape index (κ3) is 2.28. The summed E-state index contributed by atoms with van der Waals surface area (Å²) < 4.78 is 0. The highest BCUT2D eigenvalue weighted by molar-refractivity contribution is 5.13. The van der Waals surface area contributed by atoms with E-state index in [1.165, 1.54) is 25.9 Å². The molecule has 1 fully saturated rings. The van der Waals surface area contributed by atoms with Gasteiger partial charge < -0.3 is 0 Å². The third-order valence-electron chi connectivity index (χ3n) is 2.45. The number of likely N-dealkylation sites (tertiary alicyclic amines) is 1. The molecule has 0 N–H and O–H groups in total. The number of nitrogens with zero attached hydrogens (tertiary/aromatic N) is 2. The third-order valence-corrected chi connectivity index (χ3v) is 2.45. The van der Waals surface area contributed by atoms with Crippen LogP contribution in [0.3, 0.4) is 0 Å². The fourth-order valence-corrected chi connectivity index (χ4v) is 1.79. The maximum absolute atomic E-state index is 4.38. The molecule has 13 heavy (non-hydrogen) atoms. The summed E-state index contributed by atoms with van der Waals surface area (Å²) in [7, 11) is 0. The lowest BCUT2D eigenvalue weighted by Crippen LogP contribution is -2.19. The van der Waals surface area contributed by atoms with Crippen molar-refractivity contribution in [2.75, 3.05) is 13.1 Å². The van der Waals surface area contributed by atoms with Crippen LogP contribution in [-0.4, -0.2) is 23.0 Å². The van der Waals surface area contributed by atoms with Crippen LogP contribution in [0.5, 0.6) is 0 Å². The molecule has 2 heteroatoms. The molecular formula is C11H15N2. The topological polar surface area (TPSA) is 16.1 Å². The maximum Gasteiger partial charge on any atom is 0.0547 e. The predicted molar refractivity (Wildman–Crippen MR) is 53.2 cm³/mol.